The Kier molecular flexibility index (Phi) is 5.69. The van der Waals surface area contributed by atoms with Gasteiger partial charge in [0.15, 0.2) is 0 Å². The van der Waals surface area contributed by atoms with Gasteiger partial charge in [0, 0.05) is 25.3 Å². The number of anilines is 1. The molecule has 6 nitrogen and oxygen atoms in total. The van der Waals surface area contributed by atoms with E-state index in [2.05, 4.69) is 40.0 Å². The van der Waals surface area contributed by atoms with Crippen molar-refractivity contribution in [2.45, 2.75) is 33.2 Å². The summed E-state index contributed by atoms with van der Waals surface area (Å²) in [7, 11) is 0. The maximum absolute atomic E-state index is 12.6. The second-order valence-electron chi connectivity index (χ2n) is 7.58. The molecule has 6 heteroatoms. The molecule has 2 heterocycles. The average Bonchev–Trinajstić information content (AvgIpc) is 3.05. The highest BCUT2D eigenvalue weighted by molar-refractivity contribution is 5.89. The molecule has 4 rings (SSSR count). The van der Waals surface area contributed by atoms with Crippen LogP contribution in [0.1, 0.15) is 25.6 Å². The number of likely N-dealkylation sites (tertiary alicyclic amines) is 1. The van der Waals surface area contributed by atoms with Crippen molar-refractivity contribution >= 4 is 22.8 Å². The van der Waals surface area contributed by atoms with Gasteiger partial charge < -0.3 is 19.5 Å². The first-order chi connectivity index (χ1) is 14.1. The van der Waals surface area contributed by atoms with E-state index in [0.717, 1.165) is 55.3 Å². The summed E-state index contributed by atoms with van der Waals surface area (Å²) in [6.45, 7) is 7.17. The Balaban J connectivity index is 1.32. The summed E-state index contributed by atoms with van der Waals surface area (Å²) in [6.07, 6.45) is 2.01. The van der Waals surface area contributed by atoms with Crippen molar-refractivity contribution < 1.29 is 9.53 Å². The molecule has 152 valence electrons. The van der Waals surface area contributed by atoms with E-state index in [9.17, 15) is 4.79 Å². The lowest BCUT2D eigenvalue weighted by atomic mass is 9.97. The van der Waals surface area contributed by atoms with Crippen molar-refractivity contribution in [3.8, 4) is 5.75 Å². The first kappa shape index (κ1) is 19.3. The van der Waals surface area contributed by atoms with Gasteiger partial charge in [-0.3, -0.25) is 0 Å². The Morgan fingerprint density at radius 3 is 2.59 bits per heavy atom. The maximum atomic E-state index is 12.6. The molecule has 2 aromatic carbocycles. The molecule has 0 bridgehead atoms. The van der Waals surface area contributed by atoms with E-state index in [1.165, 1.54) is 5.52 Å². The molecule has 3 aromatic rings. The van der Waals surface area contributed by atoms with E-state index in [1.54, 1.807) is 0 Å². The third kappa shape index (κ3) is 4.36. The highest BCUT2D eigenvalue weighted by atomic mass is 16.5. The van der Waals surface area contributed by atoms with Crippen molar-refractivity contribution in [1.82, 2.24) is 14.5 Å². The number of benzene rings is 2. The lowest BCUT2D eigenvalue weighted by Gasteiger charge is -2.32. The number of amides is 2. The van der Waals surface area contributed by atoms with Gasteiger partial charge in [-0.25, -0.2) is 9.78 Å². The zero-order valence-corrected chi connectivity index (χ0v) is 17.1. The van der Waals surface area contributed by atoms with Gasteiger partial charge in [0.2, 0.25) is 0 Å². The first-order valence-corrected chi connectivity index (χ1v) is 10.3. The van der Waals surface area contributed by atoms with Crippen LogP contribution < -0.4 is 10.1 Å². The number of rotatable bonds is 5. The molecule has 2 amide bonds. The standard InChI is InChI=1S/C23H28N4O2/c1-3-29-20-10-8-19(9-11-20)25-23(28)26-14-12-18(13-15-26)16-27-17(2)24-21-6-4-5-7-22(21)27/h4-11,18H,3,12-16H2,1-2H3,(H,25,28). The average molecular weight is 393 g/mol. The van der Waals surface area contributed by atoms with E-state index < -0.39 is 0 Å². The van der Waals surface area contributed by atoms with Crippen LogP contribution in [0.3, 0.4) is 0 Å². The Morgan fingerprint density at radius 1 is 1.14 bits per heavy atom. The van der Waals surface area contributed by atoms with Crippen LogP contribution in [0.4, 0.5) is 10.5 Å². The first-order valence-electron chi connectivity index (χ1n) is 10.3. The molecule has 0 unspecified atom stereocenters. The molecule has 1 saturated heterocycles. The van der Waals surface area contributed by atoms with Gasteiger partial charge in [0.1, 0.15) is 11.6 Å². The van der Waals surface area contributed by atoms with Crippen LogP contribution >= 0.6 is 0 Å². The summed E-state index contributed by atoms with van der Waals surface area (Å²) in [5.74, 6) is 2.43. The van der Waals surface area contributed by atoms with Gasteiger partial charge in [-0.2, -0.15) is 0 Å². The molecule has 1 aliphatic rings. The highest BCUT2D eigenvalue weighted by Crippen LogP contribution is 2.24. The van der Waals surface area contributed by atoms with E-state index in [1.807, 2.05) is 42.2 Å². The molecule has 29 heavy (non-hydrogen) atoms. The minimum Gasteiger partial charge on any atom is -0.494 e. The van der Waals surface area contributed by atoms with Gasteiger partial charge in [0.25, 0.3) is 0 Å². The SMILES string of the molecule is CCOc1ccc(NC(=O)N2CCC(Cn3c(C)nc4ccccc43)CC2)cc1. The lowest BCUT2D eigenvalue weighted by molar-refractivity contribution is 0.177. The Hall–Kier alpha value is -3.02. The van der Waals surface area contributed by atoms with Gasteiger partial charge in [-0.15, -0.1) is 0 Å². The fraction of sp³-hybridized carbons (Fsp3) is 0.391. The molecule has 1 N–H and O–H groups in total. The number of imidazole rings is 1. The molecule has 0 spiro atoms. The van der Waals surface area contributed by atoms with Crippen LogP contribution in [0.2, 0.25) is 0 Å². The van der Waals surface area contributed by atoms with Crippen molar-refractivity contribution in [2.24, 2.45) is 5.92 Å². The number of nitrogens with one attached hydrogen (secondary N) is 1. The number of hydrogen-bond donors (Lipinski definition) is 1. The van der Waals surface area contributed by atoms with E-state index in [0.29, 0.717) is 12.5 Å². The van der Waals surface area contributed by atoms with Crippen molar-refractivity contribution in [3.05, 3.63) is 54.4 Å². The number of aromatic nitrogens is 2. The van der Waals surface area contributed by atoms with Gasteiger partial charge in [0.05, 0.1) is 17.6 Å². The second kappa shape index (κ2) is 8.55. The smallest absolute Gasteiger partial charge is 0.321 e. The second-order valence-corrected chi connectivity index (χ2v) is 7.58. The number of para-hydroxylation sites is 2. The monoisotopic (exact) mass is 392 g/mol. The summed E-state index contributed by atoms with van der Waals surface area (Å²) < 4.78 is 7.76. The molecular weight excluding hydrogens is 364 g/mol. The summed E-state index contributed by atoms with van der Waals surface area (Å²) >= 11 is 0. The van der Waals surface area contributed by atoms with Crippen LogP contribution in [-0.4, -0.2) is 40.2 Å². The number of piperidine rings is 1. The van der Waals surface area contributed by atoms with Crippen LogP contribution in [0, 0.1) is 12.8 Å². The van der Waals surface area contributed by atoms with Gasteiger partial charge in [-0.05, 0) is 69.0 Å². The Bertz CT molecular complexity index is 972. The van der Waals surface area contributed by atoms with E-state index in [-0.39, 0.29) is 6.03 Å². The zero-order valence-electron chi connectivity index (χ0n) is 17.1. The van der Waals surface area contributed by atoms with Crippen molar-refractivity contribution in [1.29, 1.82) is 0 Å². The number of fused-ring (bicyclic) bond motifs is 1. The number of hydrogen-bond acceptors (Lipinski definition) is 3. The third-order valence-corrected chi connectivity index (χ3v) is 5.60. The quantitative estimate of drug-likeness (QED) is 0.685. The molecule has 0 atom stereocenters. The van der Waals surface area contributed by atoms with Crippen LogP contribution in [0.25, 0.3) is 11.0 Å². The molecule has 0 aliphatic carbocycles. The van der Waals surface area contributed by atoms with Crippen molar-refractivity contribution in [2.75, 3.05) is 25.0 Å². The van der Waals surface area contributed by atoms with Crippen LogP contribution in [-0.2, 0) is 6.54 Å². The fourth-order valence-corrected chi connectivity index (χ4v) is 4.01. The summed E-state index contributed by atoms with van der Waals surface area (Å²) in [6, 6.07) is 15.8. The van der Waals surface area contributed by atoms with Gasteiger partial charge >= 0.3 is 6.03 Å². The van der Waals surface area contributed by atoms with E-state index >= 15 is 0 Å². The Morgan fingerprint density at radius 2 is 1.86 bits per heavy atom. The minimum absolute atomic E-state index is 0.0307. The minimum atomic E-state index is -0.0307. The Labute approximate surface area is 171 Å². The molecule has 1 aromatic heterocycles. The topological polar surface area (TPSA) is 59.4 Å². The summed E-state index contributed by atoms with van der Waals surface area (Å²) in [4.78, 5) is 19.2. The number of urea groups is 1. The summed E-state index contributed by atoms with van der Waals surface area (Å²) in [5.41, 5.74) is 3.04. The normalized spacial score (nSPS) is 14.9. The molecular formula is C23H28N4O2. The van der Waals surface area contributed by atoms with Crippen molar-refractivity contribution in [3.63, 3.8) is 0 Å². The maximum Gasteiger partial charge on any atom is 0.321 e. The third-order valence-electron chi connectivity index (χ3n) is 5.60. The molecule has 1 fully saturated rings. The molecule has 1 aliphatic heterocycles. The lowest BCUT2D eigenvalue weighted by Crippen LogP contribution is -2.41. The number of carbonyl (C=O) groups is 1. The molecule has 0 saturated carbocycles. The highest BCUT2D eigenvalue weighted by Gasteiger charge is 2.24. The number of ether oxygens (including phenoxy) is 1. The van der Waals surface area contributed by atoms with E-state index in [4.69, 9.17) is 4.74 Å². The largest absolute Gasteiger partial charge is 0.494 e. The predicted octanol–water partition coefficient (Wildman–Crippen LogP) is 4.69. The fourth-order valence-electron chi connectivity index (χ4n) is 4.01. The number of aryl methyl sites for hydroxylation is 1. The summed E-state index contributed by atoms with van der Waals surface area (Å²) in [5, 5.41) is 2.99. The number of nitrogens with zero attached hydrogens (tertiary/aromatic N) is 3. The zero-order chi connectivity index (χ0) is 20.2. The van der Waals surface area contributed by atoms with Gasteiger partial charge in [-0.1, -0.05) is 12.1 Å². The van der Waals surface area contributed by atoms with Crippen LogP contribution in [0.15, 0.2) is 48.5 Å². The molecule has 0 radical (unpaired) electrons. The predicted molar refractivity (Wildman–Crippen MR) is 115 cm³/mol. The number of carbonyl (C=O) groups excluding carboxylic acids is 1. The van der Waals surface area contributed by atoms with Crippen LogP contribution in [0.5, 0.6) is 5.75 Å².